The Balaban J connectivity index is 1.70. The van der Waals surface area contributed by atoms with E-state index in [1.54, 1.807) is 17.7 Å². The number of rotatable bonds is 4. The maximum Gasteiger partial charge on any atom is 0.132 e. The van der Waals surface area contributed by atoms with E-state index in [4.69, 9.17) is 0 Å². The van der Waals surface area contributed by atoms with Crippen molar-refractivity contribution in [2.45, 2.75) is 31.8 Å². The number of hydrogen-bond acceptors (Lipinski definition) is 5. The van der Waals surface area contributed by atoms with Gasteiger partial charge in [0.15, 0.2) is 0 Å². The maximum atomic E-state index is 10.1. The number of hydrogen-bond donors (Lipinski definition) is 2. The van der Waals surface area contributed by atoms with Crippen LogP contribution in [0.5, 0.6) is 0 Å². The summed E-state index contributed by atoms with van der Waals surface area (Å²) in [4.78, 5) is 8.66. The van der Waals surface area contributed by atoms with Crippen molar-refractivity contribution in [2.75, 3.05) is 11.9 Å². The van der Waals surface area contributed by atoms with E-state index in [0.717, 1.165) is 29.9 Å². The monoisotopic (exact) mass is 275 g/mol. The van der Waals surface area contributed by atoms with Crippen LogP contribution in [-0.2, 0) is 12.8 Å². The Morgan fingerprint density at radius 1 is 1.32 bits per heavy atom. The molecule has 0 saturated heterocycles. The molecular formula is C14H17N3OS. The molecule has 0 aliphatic heterocycles. The number of nitrogens with one attached hydrogen (secondary N) is 1. The second kappa shape index (κ2) is 5.67. The minimum absolute atomic E-state index is 0.486. The second-order valence-electron chi connectivity index (χ2n) is 4.81. The van der Waals surface area contributed by atoms with Crippen LogP contribution in [-0.4, -0.2) is 21.6 Å². The van der Waals surface area contributed by atoms with Crippen molar-refractivity contribution in [1.29, 1.82) is 0 Å². The molecule has 19 heavy (non-hydrogen) atoms. The molecule has 4 nitrogen and oxygen atoms in total. The minimum Gasteiger partial charge on any atom is -0.387 e. The quantitative estimate of drug-likeness (QED) is 0.900. The fraction of sp³-hybridized carbons (Fsp3) is 0.429. The number of thiophene rings is 1. The normalized spacial score (nSPS) is 15.8. The van der Waals surface area contributed by atoms with E-state index in [0.29, 0.717) is 6.54 Å². The van der Waals surface area contributed by atoms with Crippen LogP contribution in [0.3, 0.4) is 0 Å². The first kappa shape index (κ1) is 12.6. The van der Waals surface area contributed by atoms with Gasteiger partial charge in [0.25, 0.3) is 0 Å². The predicted octanol–water partition coefficient (Wildman–Crippen LogP) is 2.56. The summed E-state index contributed by atoms with van der Waals surface area (Å²) >= 11 is 1.60. The van der Waals surface area contributed by atoms with Gasteiger partial charge in [0.2, 0.25) is 0 Å². The molecule has 100 valence electrons. The van der Waals surface area contributed by atoms with Crippen molar-refractivity contribution in [1.82, 2.24) is 9.97 Å². The van der Waals surface area contributed by atoms with Crippen LogP contribution in [0.2, 0.25) is 0 Å². The van der Waals surface area contributed by atoms with Gasteiger partial charge in [-0.05, 0) is 48.1 Å². The number of anilines is 1. The maximum absolute atomic E-state index is 10.1. The van der Waals surface area contributed by atoms with E-state index in [1.807, 2.05) is 16.8 Å². The number of aromatic nitrogens is 2. The zero-order valence-electron chi connectivity index (χ0n) is 10.7. The Bertz CT molecular complexity index is 542. The van der Waals surface area contributed by atoms with Gasteiger partial charge in [-0.3, -0.25) is 0 Å². The third-order valence-corrected chi connectivity index (χ3v) is 4.22. The molecule has 1 aliphatic rings. The standard InChI is InChI=1S/C14H17N3OS/c18-13(10-5-6-19-8-10)7-15-14-11-3-1-2-4-12(11)16-9-17-14/h5-6,8-9,13,18H,1-4,7H2,(H,15,16,17). The lowest BCUT2D eigenvalue weighted by Crippen LogP contribution is -2.16. The van der Waals surface area contributed by atoms with E-state index in [1.165, 1.54) is 18.4 Å². The summed E-state index contributed by atoms with van der Waals surface area (Å²) in [6, 6.07) is 1.95. The molecule has 0 radical (unpaired) electrons. The molecule has 1 aliphatic carbocycles. The third-order valence-electron chi connectivity index (χ3n) is 3.52. The zero-order chi connectivity index (χ0) is 13.1. The summed E-state index contributed by atoms with van der Waals surface area (Å²) in [5.74, 6) is 0.888. The van der Waals surface area contributed by atoms with E-state index in [-0.39, 0.29) is 0 Å². The van der Waals surface area contributed by atoms with Crippen LogP contribution >= 0.6 is 11.3 Å². The molecule has 5 heteroatoms. The molecule has 2 aromatic heterocycles. The van der Waals surface area contributed by atoms with E-state index in [2.05, 4.69) is 15.3 Å². The Morgan fingerprint density at radius 3 is 3.05 bits per heavy atom. The molecule has 2 aromatic rings. The van der Waals surface area contributed by atoms with Crippen molar-refractivity contribution >= 4 is 17.2 Å². The smallest absolute Gasteiger partial charge is 0.132 e. The van der Waals surface area contributed by atoms with Crippen LogP contribution in [0.25, 0.3) is 0 Å². The molecule has 0 saturated carbocycles. The third kappa shape index (κ3) is 2.77. The molecule has 2 N–H and O–H groups in total. The number of aliphatic hydroxyl groups is 1. The summed E-state index contributed by atoms with van der Waals surface area (Å²) in [5.41, 5.74) is 3.35. The average molecular weight is 275 g/mol. The van der Waals surface area contributed by atoms with E-state index >= 15 is 0 Å². The first-order valence-corrected chi connectivity index (χ1v) is 7.55. The predicted molar refractivity (Wildman–Crippen MR) is 76.4 cm³/mol. The highest BCUT2D eigenvalue weighted by molar-refractivity contribution is 7.07. The lowest BCUT2D eigenvalue weighted by atomic mass is 9.96. The molecule has 0 amide bonds. The molecule has 2 heterocycles. The van der Waals surface area contributed by atoms with E-state index < -0.39 is 6.10 Å². The van der Waals surface area contributed by atoms with Crippen LogP contribution in [0.4, 0.5) is 5.82 Å². The fourth-order valence-electron chi connectivity index (χ4n) is 2.45. The lowest BCUT2D eigenvalue weighted by molar-refractivity contribution is 0.192. The van der Waals surface area contributed by atoms with Crippen LogP contribution in [0, 0.1) is 0 Å². The van der Waals surface area contributed by atoms with Gasteiger partial charge in [0, 0.05) is 17.8 Å². The molecule has 1 atom stereocenters. The Morgan fingerprint density at radius 2 is 2.21 bits per heavy atom. The summed E-state index contributed by atoms with van der Waals surface area (Å²) < 4.78 is 0. The van der Waals surface area contributed by atoms with Gasteiger partial charge in [0.1, 0.15) is 12.1 Å². The van der Waals surface area contributed by atoms with Gasteiger partial charge < -0.3 is 10.4 Å². The summed E-state index contributed by atoms with van der Waals surface area (Å²) in [7, 11) is 0. The van der Waals surface area contributed by atoms with Gasteiger partial charge in [-0.15, -0.1) is 0 Å². The average Bonchev–Trinajstić information content (AvgIpc) is 2.99. The Hall–Kier alpha value is -1.46. The molecule has 0 aromatic carbocycles. The molecule has 0 fully saturated rings. The van der Waals surface area contributed by atoms with Gasteiger partial charge in [-0.25, -0.2) is 9.97 Å². The first-order valence-electron chi connectivity index (χ1n) is 6.61. The van der Waals surface area contributed by atoms with E-state index in [9.17, 15) is 5.11 Å². The van der Waals surface area contributed by atoms with Gasteiger partial charge in [-0.1, -0.05) is 0 Å². The van der Waals surface area contributed by atoms with Gasteiger partial charge in [0.05, 0.1) is 6.10 Å². The number of nitrogens with zero attached hydrogens (tertiary/aromatic N) is 2. The Labute approximate surface area is 116 Å². The van der Waals surface area contributed by atoms with Crippen molar-refractivity contribution in [3.8, 4) is 0 Å². The SMILES string of the molecule is OC(CNc1ncnc2c1CCCC2)c1ccsc1. The molecule has 1 unspecified atom stereocenters. The molecule has 0 spiro atoms. The highest BCUT2D eigenvalue weighted by Gasteiger charge is 2.16. The minimum atomic E-state index is -0.486. The lowest BCUT2D eigenvalue weighted by Gasteiger charge is -2.19. The van der Waals surface area contributed by atoms with Gasteiger partial charge >= 0.3 is 0 Å². The molecular weight excluding hydrogens is 258 g/mol. The van der Waals surface area contributed by atoms with Crippen LogP contribution in [0.15, 0.2) is 23.2 Å². The number of aryl methyl sites for hydroxylation is 1. The molecule has 3 rings (SSSR count). The largest absolute Gasteiger partial charge is 0.387 e. The molecule has 0 bridgehead atoms. The summed E-state index contributed by atoms with van der Waals surface area (Å²) in [6.07, 6.45) is 5.61. The first-order chi connectivity index (χ1) is 9.34. The topological polar surface area (TPSA) is 58.0 Å². The van der Waals surface area contributed by atoms with Crippen molar-refractivity contribution in [3.05, 3.63) is 40.0 Å². The summed E-state index contributed by atoms with van der Waals surface area (Å²) in [5, 5.41) is 17.3. The second-order valence-corrected chi connectivity index (χ2v) is 5.59. The Kier molecular flexibility index (Phi) is 3.75. The zero-order valence-corrected chi connectivity index (χ0v) is 11.5. The summed E-state index contributed by atoms with van der Waals surface area (Å²) in [6.45, 7) is 0.486. The number of aliphatic hydroxyl groups excluding tert-OH is 1. The highest BCUT2D eigenvalue weighted by Crippen LogP contribution is 2.25. The van der Waals surface area contributed by atoms with Crippen molar-refractivity contribution < 1.29 is 5.11 Å². The van der Waals surface area contributed by atoms with Crippen LogP contribution < -0.4 is 5.32 Å². The van der Waals surface area contributed by atoms with Crippen molar-refractivity contribution in [2.24, 2.45) is 0 Å². The number of fused-ring (bicyclic) bond motifs is 1. The van der Waals surface area contributed by atoms with Crippen LogP contribution in [0.1, 0.15) is 35.8 Å². The van der Waals surface area contributed by atoms with Gasteiger partial charge in [-0.2, -0.15) is 11.3 Å². The van der Waals surface area contributed by atoms with Crippen molar-refractivity contribution in [3.63, 3.8) is 0 Å². The fourth-order valence-corrected chi connectivity index (χ4v) is 3.16. The highest BCUT2D eigenvalue weighted by atomic mass is 32.1.